The molecule has 1 aliphatic rings. The molecule has 0 bridgehead atoms. The van der Waals surface area contributed by atoms with E-state index in [1.165, 1.54) is 0 Å². The van der Waals surface area contributed by atoms with E-state index in [0.29, 0.717) is 22.9 Å². The van der Waals surface area contributed by atoms with Crippen LogP contribution in [-0.4, -0.2) is 24.4 Å². The van der Waals surface area contributed by atoms with Gasteiger partial charge in [0.05, 0.1) is 17.2 Å². The summed E-state index contributed by atoms with van der Waals surface area (Å²) in [5.74, 6) is -0.289. The van der Waals surface area contributed by atoms with Crippen LogP contribution in [0.4, 0.5) is 0 Å². The maximum atomic E-state index is 12.5. The highest BCUT2D eigenvalue weighted by atomic mass is 35.5. The van der Waals surface area contributed by atoms with Gasteiger partial charge < -0.3 is 14.2 Å². The Hall–Kier alpha value is -3.90. The third kappa shape index (κ3) is 4.96. The van der Waals surface area contributed by atoms with E-state index < -0.39 is 11.9 Å². The number of cyclic esters (lactones) is 1. The van der Waals surface area contributed by atoms with Gasteiger partial charge in [-0.1, -0.05) is 48.0 Å². The average molecular weight is 462 g/mol. The predicted molar refractivity (Wildman–Crippen MR) is 126 cm³/mol. The quantitative estimate of drug-likeness (QED) is 0.271. The van der Waals surface area contributed by atoms with E-state index in [1.807, 2.05) is 38.1 Å². The van der Waals surface area contributed by atoms with Crippen molar-refractivity contribution in [3.8, 4) is 11.5 Å². The zero-order valence-corrected chi connectivity index (χ0v) is 18.8. The third-order valence-electron chi connectivity index (χ3n) is 4.86. The molecule has 0 amide bonds. The molecule has 3 aromatic rings. The Morgan fingerprint density at radius 2 is 1.82 bits per heavy atom. The van der Waals surface area contributed by atoms with Crippen molar-refractivity contribution in [2.24, 2.45) is 4.99 Å². The smallest absolute Gasteiger partial charge is 0.363 e. The summed E-state index contributed by atoms with van der Waals surface area (Å²) in [4.78, 5) is 29.3. The number of carbonyl (C=O) groups excluding carboxylic acids is 2. The minimum atomic E-state index is -0.598. The van der Waals surface area contributed by atoms with Gasteiger partial charge in [0.15, 0.2) is 17.2 Å². The van der Waals surface area contributed by atoms with Gasteiger partial charge in [0, 0.05) is 5.56 Å². The summed E-state index contributed by atoms with van der Waals surface area (Å²) < 4.78 is 16.5. The minimum Gasteiger partial charge on any atom is -0.490 e. The minimum absolute atomic E-state index is 0.163. The highest BCUT2D eigenvalue weighted by Gasteiger charge is 2.25. The molecule has 0 aliphatic carbocycles. The lowest BCUT2D eigenvalue weighted by molar-refractivity contribution is -0.129. The third-order valence-corrected chi connectivity index (χ3v) is 5.19. The summed E-state index contributed by atoms with van der Waals surface area (Å²) in [6.45, 7) is 4.09. The van der Waals surface area contributed by atoms with Crippen molar-refractivity contribution < 1.29 is 23.8 Å². The molecular weight excluding hydrogens is 442 g/mol. The topological polar surface area (TPSA) is 74.2 Å². The molecule has 7 heteroatoms. The number of hydrogen-bond donors (Lipinski definition) is 0. The highest BCUT2D eigenvalue weighted by Crippen LogP contribution is 2.31. The molecule has 166 valence electrons. The van der Waals surface area contributed by atoms with Gasteiger partial charge in [0.25, 0.3) is 0 Å². The Balaban J connectivity index is 1.62. The normalized spacial score (nSPS) is 14.1. The maximum absolute atomic E-state index is 12.5. The van der Waals surface area contributed by atoms with Crippen molar-refractivity contribution in [2.45, 2.75) is 13.8 Å². The zero-order valence-electron chi connectivity index (χ0n) is 18.0. The molecule has 0 radical (unpaired) electrons. The van der Waals surface area contributed by atoms with Gasteiger partial charge in [-0.3, -0.25) is 0 Å². The Bertz CT molecular complexity index is 1300. The van der Waals surface area contributed by atoms with E-state index in [0.717, 1.165) is 11.1 Å². The summed E-state index contributed by atoms with van der Waals surface area (Å²) in [5.41, 5.74) is 2.76. The summed E-state index contributed by atoms with van der Waals surface area (Å²) >= 11 is 6.09. The molecule has 0 atom stereocenters. The fourth-order valence-corrected chi connectivity index (χ4v) is 3.46. The molecule has 1 aliphatic heterocycles. The molecule has 3 aromatic carbocycles. The van der Waals surface area contributed by atoms with Gasteiger partial charge in [-0.25, -0.2) is 14.6 Å². The average Bonchev–Trinajstić information content (AvgIpc) is 3.16. The summed E-state index contributed by atoms with van der Waals surface area (Å²) in [6, 6.07) is 19.1. The Kier molecular flexibility index (Phi) is 6.56. The van der Waals surface area contributed by atoms with Crippen LogP contribution in [-0.2, 0) is 9.53 Å². The molecule has 0 saturated heterocycles. The first kappa shape index (κ1) is 22.3. The van der Waals surface area contributed by atoms with Crippen molar-refractivity contribution in [1.82, 2.24) is 0 Å². The summed E-state index contributed by atoms with van der Waals surface area (Å²) in [6.07, 6.45) is 1.59. The molecule has 1 heterocycles. The lowest BCUT2D eigenvalue weighted by atomic mass is 10.1. The van der Waals surface area contributed by atoms with Crippen molar-refractivity contribution in [3.63, 3.8) is 0 Å². The number of aliphatic imine (C=N–C) groups is 1. The molecule has 33 heavy (non-hydrogen) atoms. The van der Waals surface area contributed by atoms with E-state index in [4.69, 9.17) is 25.8 Å². The largest absolute Gasteiger partial charge is 0.490 e. The molecule has 6 nitrogen and oxygen atoms in total. The molecule has 0 spiro atoms. The fraction of sp³-hybridized carbons (Fsp3) is 0.115. The Labute approximate surface area is 196 Å². The molecule has 0 unspecified atom stereocenters. The molecule has 0 fully saturated rings. The van der Waals surface area contributed by atoms with E-state index in [9.17, 15) is 9.59 Å². The van der Waals surface area contributed by atoms with Crippen molar-refractivity contribution >= 4 is 35.5 Å². The van der Waals surface area contributed by atoms with Crippen molar-refractivity contribution in [1.29, 1.82) is 0 Å². The molecule has 0 aromatic heterocycles. The van der Waals surface area contributed by atoms with Crippen LogP contribution >= 0.6 is 11.6 Å². The Morgan fingerprint density at radius 1 is 1.06 bits per heavy atom. The van der Waals surface area contributed by atoms with Crippen LogP contribution in [0.25, 0.3) is 6.08 Å². The second-order valence-electron chi connectivity index (χ2n) is 7.16. The van der Waals surface area contributed by atoms with Crippen LogP contribution in [0.5, 0.6) is 11.5 Å². The monoisotopic (exact) mass is 461 g/mol. The SMILES string of the molecule is CCOc1cc(/C=C2\N=C(c3ccccc3C)OC2=O)ccc1OC(=O)c1ccccc1Cl. The molecule has 0 N–H and O–H groups in total. The summed E-state index contributed by atoms with van der Waals surface area (Å²) in [5, 5.41) is 0.295. The Morgan fingerprint density at radius 3 is 2.58 bits per heavy atom. The van der Waals surface area contributed by atoms with Crippen LogP contribution < -0.4 is 9.47 Å². The molecule has 0 saturated carbocycles. The van der Waals surface area contributed by atoms with Gasteiger partial charge in [-0.05, 0) is 61.4 Å². The second-order valence-corrected chi connectivity index (χ2v) is 7.57. The van der Waals surface area contributed by atoms with E-state index >= 15 is 0 Å². The second kappa shape index (κ2) is 9.71. The van der Waals surface area contributed by atoms with Crippen LogP contribution in [0.2, 0.25) is 5.02 Å². The first-order valence-corrected chi connectivity index (χ1v) is 10.7. The number of ether oxygens (including phenoxy) is 3. The van der Waals surface area contributed by atoms with Gasteiger partial charge in [-0.2, -0.15) is 0 Å². The van der Waals surface area contributed by atoms with Crippen molar-refractivity contribution in [2.75, 3.05) is 6.61 Å². The standard InChI is InChI=1S/C26H20ClNO5/c1-3-31-23-15-17(12-13-22(23)32-25(29)19-10-6-7-11-20(19)27)14-21-26(30)33-24(28-21)18-9-5-4-8-16(18)2/h4-15H,3H2,1-2H3/b21-14-. The molecule has 4 rings (SSSR count). The van der Waals surface area contributed by atoms with Crippen molar-refractivity contribution in [3.05, 3.63) is 99.7 Å². The number of rotatable bonds is 6. The van der Waals surface area contributed by atoms with Crippen LogP contribution in [0, 0.1) is 6.92 Å². The zero-order chi connectivity index (χ0) is 23.4. The fourth-order valence-electron chi connectivity index (χ4n) is 3.24. The van der Waals surface area contributed by atoms with E-state index in [1.54, 1.807) is 48.5 Å². The van der Waals surface area contributed by atoms with Gasteiger partial charge in [0.1, 0.15) is 0 Å². The number of carbonyl (C=O) groups is 2. The summed E-state index contributed by atoms with van der Waals surface area (Å²) in [7, 11) is 0. The molecular formula is C26H20ClNO5. The first-order chi connectivity index (χ1) is 16.0. The lowest BCUT2D eigenvalue weighted by Crippen LogP contribution is -2.10. The number of benzene rings is 3. The first-order valence-electron chi connectivity index (χ1n) is 10.3. The van der Waals surface area contributed by atoms with Gasteiger partial charge in [0.2, 0.25) is 5.90 Å². The van der Waals surface area contributed by atoms with Gasteiger partial charge >= 0.3 is 11.9 Å². The van der Waals surface area contributed by atoms with E-state index in [2.05, 4.69) is 4.99 Å². The number of halogens is 1. The predicted octanol–water partition coefficient (Wildman–Crippen LogP) is 5.61. The van der Waals surface area contributed by atoms with Crippen LogP contribution in [0.15, 0.2) is 77.4 Å². The van der Waals surface area contributed by atoms with E-state index in [-0.39, 0.29) is 22.9 Å². The number of aryl methyl sites for hydroxylation is 1. The number of nitrogens with zero attached hydrogens (tertiary/aromatic N) is 1. The maximum Gasteiger partial charge on any atom is 0.363 e. The highest BCUT2D eigenvalue weighted by molar-refractivity contribution is 6.33. The number of esters is 2. The number of hydrogen-bond acceptors (Lipinski definition) is 6. The lowest BCUT2D eigenvalue weighted by Gasteiger charge is -2.12. The van der Waals surface area contributed by atoms with Gasteiger partial charge in [-0.15, -0.1) is 0 Å². The van der Waals surface area contributed by atoms with Crippen LogP contribution in [0.3, 0.4) is 0 Å². The van der Waals surface area contributed by atoms with Crippen LogP contribution in [0.1, 0.15) is 34.0 Å².